The lowest BCUT2D eigenvalue weighted by atomic mass is 10.0. The molecule has 2 atom stereocenters. The molecular weight excluding hydrogens is 350 g/mol. The lowest BCUT2D eigenvalue weighted by Gasteiger charge is -2.17. The van der Waals surface area contributed by atoms with Gasteiger partial charge in [-0.25, -0.2) is 0 Å². The summed E-state index contributed by atoms with van der Waals surface area (Å²) in [6.07, 6.45) is -0.522. The van der Waals surface area contributed by atoms with Crippen LogP contribution in [0, 0.1) is 0 Å². The zero-order chi connectivity index (χ0) is 18.5. The van der Waals surface area contributed by atoms with Gasteiger partial charge in [-0.15, -0.1) is 0 Å². The van der Waals surface area contributed by atoms with Gasteiger partial charge in [0, 0.05) is 5.56 Å². The number of rotatable bonds is 7. The molecule has 136 valence electrons. The molecule has 3 aromatic rings. The second-order valence-electron chi connectivity index (χ2n) is 6.27. The Morgan fingerprint density at radius 2 is 1.88 bits per heavy atom. The standard InChI is InChI=1S/C21H22ClNO3/c1-14(21(24)15-6-4-3-5-7-15)23-13-17-9-11-19(26-17)16-8-10-20(25-2)18(22)12-16/h3-12,14,21,23-24H,13H2,1-2H3/p+1/t14-,21+/m1/s1. The maximum absolute atomic E-state index is 10.4. The molecule has 4 nitrogen and oxygen atoms in total. The number of furan rings is 1. The summed E-state index contributed by atoms with van der Waals surface area (Å²) in [6.45, 7) is 2.65. The number of hydrogen-bond donors (Lipinski definition) is 2. The second-order valence-corrected chi connectivity index (χ2v) is 6.68. The van der Waals surface area contributed by atoms with Crippen LogP contribution in [0.2, 0.25) is 5.02 Å². The molecule has 1 aromatic heterocycles. The van der Waals surface area contributed by atoms with Crippen LogP contribution in [0.4, 0.5) is 0 Å². The summed E-state index contributed by atoms with van der Waals surface area (Å²) in [5.74, 6) is 2.24. The average molecular weight is 373 g/mol. The van der Waals surface area contributed by atoms with Crippen LogP contribution in [0.1, 0.15) is 24.4 Å². The predicted molar refractivity (Wildman–Crippen MR) is 102 cm³/mol. The maximum Gasteiger partial charge on any atom is 0.158 e. The second kappa shape index (κ2) is 8.41. The lowest BCUT2D eigenvalue weighted by molar-refractivity contribution is -0.710. The summed E-state index contributed by atoms with van der Waals surface area (Å²) in [4.78, 5) is 0. The van der Waals surface area contributed by atoms with E-state index in [9.17, 15) is 5.11 Å². The van der Waals surface area contributed by atoms with Gasteiger partial charge in [-0.05, 0) is 42.8 Å². The quantitative estimate of drug-likeness (QED) is 0.663. The third-order valence-electron chi connectivity index (χ3n) is 4.43. The normalized spacial score (nSPS) is 13.4. The highest BCUT2D eigenvalue weighted by atomic mass is 35.5. The van der Waals surface area contributed by atoms with Crippen LogP contribution in [0.25, 0.3) is 11.3 Å². The molecule has 26 heavy (non-hydrogen) atoms. The summed E-state index contributed by atoms with van der Waals surface area (Å²) in [5, 5.41) is 13.1. The van der Waals surface area contributed by atoms with Crippen molar-refractivity contribution < 1.29 is 19.6 Å². The minimum absolute atomic E-state index is 0.0152. The number of halogens is 1. The number of aliphatic hydroxyl groups excluding tert-OH is 1. The number of ether oxygens (including phenoxy) is 1. The lowest BCUT2D eigenvalue weighted by Crippen LogP contribution is -2.88. The van der Waals surface area contributed by atoms with E-state index >= 15 is 0 Å². The first-order chi connectivity index (χ1) is 12.6. The number of nitrogens with two attached hydrogens (primary N) is 1. The van der Waals surface area contributed by atoms with Gasteiger partial charge in [0.2, 0.25) is 0 Å². The van der Waals surface area contributed by atoms with Gasteiger partial charge in [-0.1, -0.05) is 41.9 Å². The fraction of sp³-hybridized carbons (Fsp3) is 0.238. The molecular formula is C21H23ClNO3+. The van der Waals surface area contributed by atoms with Gasteiger partial charge in [0.25, 0.3) is 0 Å². The smallest absolute Gasteiger partial charge is 0.158 e. The largest absolute Gasteiger partial charge is 0.495 e. The Labute approximate surface area is 158 Å². The molecule has 0 amide bonds. The van der Waals surface area contributed by atoms with Crippen molar-refractivity contribution in [1.29, 1.82) is 0 Å². The highest BCUT2D eigenvalue weighted by molar-refractivity contribution is 6.32. The Morgan fingerprint density at radius 1 is 1.12 bits per heavy atom. The average Bonchev–Trinajstić information content (AvgIpc) is 3.15. The molecule has 0 unspecified atom stereocenters. The van der Waals surface area contributed by atoms with Gasteiger partial charge in [0.05, 0.1) is 12.1 Å². The van der Waals surface area contributed by atoms with Crippen molar-refractivity contribution >= 4 is 11.6 Å². The van der Waals surface area contributed by atoms with E-state index in [2.05, 4.69) is 5.32 Å². The SMILES string of the molecule is COc1ccc(-c2ccc(C[NH2+][C@H](C)[C@H](O)c3ccccc3)o2)cc1Cl. The highest BCUT2D eigenvalue weighted by Crippen LogP contribution is 2.31. The van der Waals surface area contributed by atoms with E-state index in [1.807, 2.05) is 67.6 Å². The molecule has 0 aliphatic heterocycles. The third kappa shape index (κ3) is 4.28. The fourth-order valence-corrected chi connectivity index (χ4v) is 3.10. The van der Waals surface area contributed by atoms with Crippen molar-refractivity contribution in [3.63, 3.8) is 0 Å². The Kier molecular flexibility index (Phi) is 5.99. The van der Waals surface area contributed by atoms with Gasteiger partial charge < -0.3 is 19.6 Å². The zero-order valence-corrected chi connectivity index (χ0v) is 15.6. The molecule has 0 aliphatic rings. The maximum atomic E-state index is 10.4. The van der Waals surface area contributed by atoms with Gasteiger partial charge in [-0.2, -0.15) is 0 Å². The van der Waals surface area contributed by atoms with Crippen LogP contribution in [0.3, 0.4) is 0 Å². The molecule has 0 saturated carbocycles. The van der Waals surface area contributed by atoms with Crippen LogP contribution >= 0.6 is 11.6 Å². The van der Waals surface area contributed by atoms with Gasteiger partial charge >= 0.3 is 0 Å². The van der Waals surface area contributed by atoms with Crippen molar-refractivity contribution in [1.82, 2.24) is 0 Å². The molecule has 1 heterocycles. The minimum Gasteiger partial charge on any atom is -0.495 e. The van der Waals surface area contributed by atoms with E-state index in [-0.39, 0.29) is 6.04 Å². The molecule has 0 aliphatic carbocycles. The number of quaternary nitrogens is 1. The summed E-state index contributed by atoms with van der Waals surface area (Å²) < 4.78 is 11.1. The van der Waals surface area contributed by atoms with E-state index in [1.54, 1.807) is 7.11 Å². The van der Waals surface area contributed by atoms with Crippen molar-refractivity contribution in [2.45, 2.75) is 25.6 Å². The zero-order valence-electron chi connectivity index (χ0n) is 14.9. The molecule has 2 aromatic carbocycles. The molecule has 0 fully saturated rings. The molecule has 3 rings (SSSR count). The molecule has 5 heteroatoms. The van der Waals surface area contributed by atoms with Crippen LogP contribution < -0.4 is 10.1 Å². The molecule has 3 N–H and O–H groups in total. The van der Waals surface area contributed by atoms with Crippen molar-refractivity contribution in [2.75, 3.05) is 7.11 Å². The summed E-state index contributed by atoms with van der Waals surface area (Å²) in [7, 11) is 1.59. The topological polar surface area (TPSA) is 59.2 Å². The van der Waals surface area contributed by atoms with Crippen molar-refractivity contribution in [2.24, 2.45) is 0 Å². The summed E-state index contributed by atoms with van der Waals surface area (Å²) >= 11 is 6.18. The first-order valence-electron chi connectivity index (χ1n) is 8.57. The molecule has 0 bridgehead atoms. The van der Waals surface area contributed by atoms with Crippen LogP contribution in [-0.4, -0.2) is 18.3 Å². The molecule has 0 spiro atoms. The van der Waals surface area contributed by atoms with E-state index in [0.717, 1.165) is 22.6 Å². The first-order valence-corrected chi connectivity index (χ1v) is 8.95. The van der Waals surface area contributed by atoms with Crippen molar-refractivity contribution in [3.05, 3.63) is 77.0 Å². The Balaban J connectivity index is 1.62. The monoisotopic (exact) mass is 372 g/mol. The molecule has 0 saturated heterocycles. The van der Waals surface area contributed by atoms with Gasteiger partial charge in [-0.3, -0.25) is 0 Å². The number of methoxy groups -OCH3 is 1. The predicted octanol–water partition coefficient (Wildman–Crippen LogP) is 3.79. The Morgan fingerprint density at radius 3 is 2.58 bits per heavy atom. The van der Waals surface area contributed by atoms with E-state index in [4.69, 9.17) is 20.8 Å². The van der Waals surface area contributed by atoms with E-state index < -0.39 is 6.10 Å². The minimum atomic E-state index is -0.522. The Bertz CT molecular complexity index is 847. The highest BCUT2D eigenvalue weighted by Gasteiger charge is 2.19. The van der Waals surface area contributed by atoms with E-state index in [0.29, 0.717) is 17.3 Å². The van der Waals surface area contributed by atoms with Crippen LogP contribution in [0.5, 0.6) is 5.75 Å². The van der Waals surface area contributed by atoms with Crippen molar-refractivity contribution in [3.8, 4) is 17.1 Å². The fourth-order valence-electron chi connectivity index (χ4n) is 2.85. The number of aliphatic hydroxyl groups is 1. The number of hydrogen-bond acceptors (Lipinski definition) is 3. The van der Waals surface area contributed by atoms with Crippen LogP contribution in [0.15, 0.2) is 65.1 Å². The number of benzene rings is 2. The first kappa shape index (κ1) is 18.5. The molecule has 0 radical (unpaired) electrons. The summed E-state index contributed by atoms with van der Waals surface area (Å²) in [6, 6.07) is 19.2. The summed E-state index contributed by atoms with van der Waals surface area (Å²) in [5.41, 5.74) is 1.82. The van der Waals surface area contributed by atoms with Gasteiger partial charge in [0.15, 0.2) is 5.76 Å². The third-order valence-corrected chi connectivity index (χ3v) is 4.72. The Hall–Kier alpha value is -2.27. The van der Waals surface area contributed by atoms with Crippen LogP contribution in [-0.2, 0) is 6.54 Å². The van der Waals surface area contributed by atoms with E-state index in [1.165, 1.54) is 0 Å². The van der Waals surface area contributed by atoms with Gasteiger partial charge in [0.1, 0.15) is 30.2 Å².